The molecular weight excluding hydrogens is 356 g/mol. The minimum atomic E-state index is -3.36. The zero-order valence-corrected chi connectivity index (χ0v) is 15.2. The molecule has 0 aliphatic carbocycles. The Morgan fingerprint density at radius 2 is 2.00 bits per heavy atom. The topological polar surface area (TPSA) is 84.9 Å². The molecule has 0 spiro atoms. The van der Waals surface area contributed by atoms with Gasteiger partial charge in [-0.05, 0) is 24.3 Å². The van der Waals surface area contributed by atoms with Crippen molar-refractivity contribution in [3.05, 3.63) is 48.5 Å². The fraction of sp³-hybridized carbons (Fsp3) is 0.278. The number of hydrogen-bond acceptors (Lipinski definition) is 5. The predicted octanol–water partition coefficient (Wildman–Crippen LogP) is 2.25. The maximum atomic E-state index is 12.1. The Hall–Kier alpha value is -2.74. The fourth-order valence-electron chi connectivity index (χ4n) is 2.62. The van der Waals surface area contributed by atoms with Gasteiger partial charge in [0.15, 0.2) is 0 Å². The first kappa shape index (κ1) is 18.1. The first-order valence-corrected chi connectivity index (χ1v) is 10.0. The predicted molar refractivity (Wildman–Crippen MR) is 99.3 cm³/mol. The summed E-state index contributed by atoms with van der Waals surface area (Å²) < 4.78 is 36.0. The number of nitrogens with one attached hydrogen (secondary N) is 1. The summed E-state index contributed by atoms with van der Waals surface area (Å²) in [4.78, 5) is 12.1. The van der Waals surface area contributed by atoms with Crippen LogP contribution in [0.4, 0.5) is 11.4 Å². The Labute approximate surface area is 152 Å². The number of carbonyl (C=O) groups excluding carboxylic acids is 1. The van der Waals surface area contributed by atoms with Crippen molar-refractivity contribution in [2.24, 2.45) is 0 Å². The molecule has 0 fully saturated rings. The van der Waals surface area contributed by atoms with Crippen molar-refractivity contribution in [3.63, 3.8) is 0 Å². The van der Waals surface area contributed by atoms with Crippen molar-refractivity contribution in [1.82, 2.24) is 0 Å². The Balaban J connectivity index is 1.59. The Kier molecular flexibility index (Phi) is 5.32. The molecule has 26 heavy (non-hydrogen) atoms. The normalized spacial score (nSPS) is 13.5. The summed E-state index contributed by atoms with van der Waals surface area (Å²) in [7, 11) is -3.36. The molecule has 0 atom stereocenters. The summed E-state index contributed by atoms with van der Waals surface area (Å²) in [5, 5.41) is 2.76. The van der Waals surface area contributed by atoms with Crippen molar-refractivity contribution >= 4 is 27.3 Å². The molecular formula is C18H20N2O5S. The molecule has 1 N–H and O–H groups in total. The lowest BCUT2D eigenvalue weighted by Crippen LogP contribution is -2.37. The number of anilines is 2. The average molecular weight is 376 g/mol. The van der Waals surface area contributed by atoms with Crippen molar-refractivity contribution < 1.29 is 22.7 Å². The van der Waals surface area contributed by atoms with Gasteiger partial charge < -0.3 is 14.8 Å². The summed E-state index contributed by atoms with van der Waals surface area (Å²) in [6, 6.07) is 14.2. The Morgan fingerprint density at radius 3 is 2.73 bits per heavy atom. The largest absolute Gasteiger partial charge is 0.493 e. The second kappa shape index (κ2) is 7.65. The van der Waals surface area contributed by atoms with E-state index in [-0.39, 0.29) is 32.1 Å². The minimum Gasteiger partial charge on any atom is -0.493 e. The summed E-state index contributed by atoms with van der Waals surface area (Å²) in [6.07, 6.45) is 1.35. The van der Waals surface area contributed by atoms with Crippen molar-refractivity contribution in [2.45, 2.75) is 6.42 Å². The SMILES string of the molecule is CS(=O)(=O)N1CCOc2cc(NC(=O)CCOc3ccccc3)ccc21. The summed E-state index contributed by atoms with van der Waals surface area (Å²) >= 11 is 0. The minimum absolute atomic E-state index is 0.197. The maximum Gasteiger partial charge on any atom is 0.232 e. The number of para-hydroxylation sites is 1. The van der Waals surface area contributed by atoms with Crippen LogP contribution in [0.2, 0.25) is 0 Å². The van der Waals surface area contributed by atoms with Gasteiger partial charge in [-0.15, -0.1) is 0 Å². The van der Waals surface area contributed by atoms with Crippen LogP contribution in [0.25, 0.3) is 0 Å². The third-order valence-electron chi connectivity index (χ3n) is 3.81. The molecule has 1 heterocycles. The van der Waals surface area contributed by atoms with Gasteiger partial charge in [-0.25, -0.2) is 8.42 Å². The quantitative estimate of drug-likeness (QED) is 0.836. The first-order chi connectivity index (χ1) is 12.4. The van der Waals surface area contributed by atoms with Gasteiger partial charge in [0.2, 0.25) is 15.9 Å². The molecule has 3 rings (SSSR count). The smallest absolute Gasteiger partial charge is 0.232 e. The van der Waals surface area contributed by atoms with Crippen LogP contribution in [0.15, 0.2) is 48.5 Å². The number of hydrogen-bond donors (Lipinski definition) is 1. The van der Waals surface area contributed by atoms with Gasteiger partial charge in [-0.1, -0.05) is 18.2 Å². The van der Waals surface area contributed by atoms with Crippen LogP contribution in [-0.2, 0) is 14.8 Å². The molecule has 2 aromatic carbocycles. The number of benzene rings is 2. The highest BCUT2D eigenvalue weighted by atomic mass is 32.2. The van der Waals surface area contributed by atoms with Gasteiger partial charge in [0.05, 0.1) is 31.5 Å². The molecule has 1 amide bonds. The Bertz CT molecular complexity index is 884. The van der Waals surface area contributed by atoms with Gasteiger partial charge in [0, 0.05) is 11.8 Å². The number of sulfonamides is 1. The maximum absolute atomic E-state index is 12.1. The number of fused-ring (bicyclic) bond motifs is 1. The van der Waals surface area contributed by atoms with E-state index in [1.165, 1.54) is 4.31 Å². The number of carbonyl (C=O) groups is 1. The fourth-order valence-corrected chi connectivity index (χ4v) is 3.53. The van der Waals surface area contributed by atoms with E-state index in [9.17, 15) is 13.2 Å². The molecule has 0 unspecified atom stereocenters. The molecule has 0 radical (unpaired) electrons. The molecule has 8 heteroatoms. The lowest BCUT2D eigenvalue weighted by atomic mass is 10.2. The lowest BCUT2D eigenvalue weighted by molar-refractivity contribution is -0.116. The van der Waals surface area contributed by atoms with Crippen LogP contribution in [0.3, 0.4) is 0 Å². The number of rotatable bonds is 6. The van der Waals surface area contributed by atoms with Crippen molar-refractivity contribution in [3.8, 4) is 11.5 Å². The molecule has 0 bridgehead atoms. The van der Waals surface area contributed by atoms with Gasteiger partial charge >= 0.3 is 0 Å². The van der Waals surface area contributed by atoms with Crippen LogP contribution in [0, 0.1) is 0 Å². The third kappa shape index (κ3) is 4.45. The van der Waals surface area contributed by atoms with E-state index in [0.29, 0.717) is 22.9 Å². The second-order valence-corrected chi connectivity index (χ2v) is 7.73. The highest BCUT2D eigenvalue weighted by Crippen LogP contribution is 2.35. The first-order valence-electron chi connectivity index (χ1n) is 8.16. The molecule has 0 saturated carbocycles. The Morgan fingerprint density at radius 1 is 1.23 bits per heavy atom. The monoisotopic (exact) mass is 376 g/mol. The van der Waals surface area contributed by atoms with E-state index in [4.69, 9.17) is 9.47 Å². The van der Waals surface area contributed by atoms with E-state index in [1.54, 1.807) is 18.2 Å². The standard InChI is InChI=1S/C18H20N2O5S/c1-26(22,23)20-10-12-25-17-13-14(7-8-16(17)20)19-18(21)9-11-24-15-5-3-2-4-6-15/h2-8,13H,9-12H2,1H3,(H,19,21). The zero-order valence-electron chi connectivity index (χ0n) is 14.3. The average Bonchev–Trinajstić information content (AvgIpc) is 2.61. The summed E-state index contributed by atoms with van der Waals surface area (Å²) in [5.74, 6) is 0.944. The van der Waals surface area contributed by atoms with Gasteiger partial charge in [0.1, 0.15) is 18.1 Å². The van der Waals surface area contributed by atoms with Crippen molar-refractivity contribution in [1.29, 1.82) is 0 Å². The van der Waals surface area contributed by atoms with Gasteiger partial charge in [-0.2, -0.15) is 0 Å². The number of nitrogens with zero attached hydrogens (tertiary/aromatic N) is 1. The molecule has 138 valence electrons. The molecule has 1 aliphatic heterocycles. The van der Waals surface area contributed by atoms with Crippen LogP contribution in [0.5, 0.6) is 11.5 Å². The van der Waals surface area contributed by atoms with E-state index >= 15 is 0 Å². The lowest BCUT2D eigenvalue weighted by Gasteiger charge is -2.29. The van der Waals surface area contributed by atoms with Crippen molar-refractivity contribution in [2.75, 3.05) is 35.6 Å². The summed E-state index contributed by atoms with van der Waals surface area (Å²) in [5.41, 5.74) is 1.02. The van der Waals surface area contributed by atoms with E-state index in [0.717, 1.165) is 6.26 Å². The molecule has 1 aliphatic rings. The van der Waals surface area contributed by atoms with E-state index < -0.39 is 10.0 Å². The number of amides is 1. The highest BCUT2D eigenvalue weighted by Gasteiger charge is 2.25. The third-order valence-corrected chi connectivity index (χ3v) is 4.99. The van der Waals surface area contributed by atoms with E-state index in [2.05, 4.69) is 5.32 Å². The van der Waals surface area contributed by atoms with Gasteiger partial charge in [0.25, 0.3) is 0 Å². The molecule has 2 aromatic rings. The van der Waals surface area contributed by atoms with Crippen LogP contribution < -0.4 is 19.1 Å². The van der Waals surface area contributed by atoms with E-state index in [1.807, 2.05) is 30.3 Å². The van der Waals surface area contributed by atoms with Crippen LogP contribution in [0.1, 0.15) is 6.42 Å². The second-order valence-electron chi connectivity index (χ2n) is 5.83. The molecule has 0 saturated heterocycles. The van der Waals surface area contributed by atoms with Crippen LogP contribution >= 0.6 is 0 Å². The highest BCUT2D eigenvalue weighted by molar-refractivity contribution is 7.92. The summed E-state index contributed by atoms with van der Waals surface area (Å²) in [6.45, 7) is 0.801. The number of ether oxygens (including phenoxy) is 2. The van der Waals surface area contributed by atoms with Gasteiger partial charge in [-0.3, -0.25) is 9.10 Å². The molecule has 0 aromatic heterocycles. The molecule has 7 nitrogen and oxygen atoms in total. The van der Waals surface area contributed by atoms with Crippen LogP contribution in [-0.4, -0.2) is 40.3 Å². The zero-order chi connectivity index (χ0) is 18.6.